The van der Waals surface area contributed by atoms with Gasteiger partial charge in [0.25, 0.3) is 0 Å². The van der Waals surface area contributed by atoms with Crippen LogP contribution in [0.15, 0.2) is 99.2 Å². The number of hydrogen-bond acceptors (Lipinski definition) is 2. The van der Waals surface area contributed by atoms with E-state index in [0.29, 0.717) is 24.6 Å². The number of benzene rings is 2. The molecule has 28 heavy (non-hydrogen) atoms. The van der Waals surface area contributed by atoms with Crippen molar-refractivity contribution in [3.63, 3.8) is 0 Å². The van der Waals surface area contributed by atoms with Crippen molar-refractivity contribution in [2.24, 2.45) is 0 Å². The third kappa shape index (κ3) is 5.02. The Morgan fingerprint density at radius 2 is 0.786 bits per heavy atom. The highest BCUT2D eigenvalue weighted by atomic mass is 31.2. The fourth-order valence-corrected chi connectivity index (χ4v) is 7.45. The van der Waals surface area contributed by atoms with Crippen LogP contribution in [0.5, 0.6) is 0 Å². The lowest BCUT2D eigenvalue weighted by atomic mass is 10.1. The minimum absolute atomic E-state index is 0.467. The Bertz CT molecular complexity index is 830. The zero-order valence-electron chi connectivity index (χ0n) is 16.3. The zero-order valence-corrected chi connectivity index (χ0v) is 18.1. The Hall–Kier alpha value is -2.14. The molecular weight excluding hydrogens is 382 g/mol. The summed E-state index contributed by atoms with van der Waals surface area (Å²) in [6.45, 7) is 14.9. The number of hydrogen-bond donors (Lipinski definition) is 0. The van der Waals surface area contributed by atoms with Crippen molar-refractivity contribution in [3.05, 3.63) is 99.2 Å². The fraction of sp³-hybridized carbons (Fsp3) is 0.167. The molecule has 0 spiro atoms. The van der Waals surface area contributed by atoms with E-state index in [0.717, 1.165) is 21.7 Å². The van der Waals surface area contributed by atoms with E-state index in [1.54, 1.807) is 24.3 Å². The van der Waals surface area contributed by atoms with Gasteiger partial charge in [0.1, 0.15) is 14.3 Å². The van der Waals surface area contributed by atoms with Gasteiger partial charge in [0.05, 0.1) is 0 Å². The van der Waals surface area contributed by atoms with E-state index >= 15 is 0 Å². The van der Waals surface area contributed by atoms with E-state index in [2.05, 4.69) is 26.3 Å². The molecule has 0 atom stereocenters. The molecule has 0 saturated heterocycles. The number of rotatable bonds is 11. The molecule has 0 aliphatic rings. The van der Waals surface area contributed by atoms with E-state index in [-0.39, 0.29) is 0 Å². The molecule has 2 nitrogen and oxygen atoms in total. The van der Waals surface area contributed by atoms with Crippen LogP contribution in [-0.2, 0) is 9.13 Å². The summed E-state index contributed by atoms with van der Waals surface area (Å²) < 4.78 is 26.3. The predicted octanol–water partition coefficient (Wildman–Crippen LogP) is 6.07. The van der Waals surface area contributed by atoms with Crippen molar-refractivity contribution in [2.75, 3.05) is 24.6 Å². The van der Waals surface area contributed by atoms with E-state index in [1.165, 1.54) is 0 Å². The van der Waals surface area contributed by atoms with Crippen molar-refractivity contribution >= 4 is 24.9 Å². The van der Waals surface area contributed by atoms with Gasteiger partial charge in [-0.2, -0.15) is 0 Å². The van der Waals surface area contributed by atoms with Gasteiger partial charge in [-0.1, -0.05) is 72.8 Å². The topological polar surface area (TPSA) is 34.1 Å². The monoisotopic (exact) mass is 410 g/mol. The Balaban J connectivity index is 2.31. The standard InChI is InChI=1S/C24H28O2P2/c1-5-17-27(25,18-6-2)23-13-9-21(10-14-23)22-11-15-24(16-12-22)28(26,19-7-3)20-8-4/h5-16H,1-4,17-20H2. The summed E-state index contributed by atoms with van der Waals surface area (Å²) in [7, 11) is -5.04. The Morgan fingerprint density at radius 3 is 1.00 bits per heavy atom. The van der Waals surface area contributed by atoms with E-state index < -0.39 is 14.3 Å². The molecule has 2 aromatic carbocycles. The minimum atomic E-state index is -2.52. The first-order valence-electron chi connectivity index (χ1n) is 9.24. The summed E-state index contributed by atoms with van der Waals surface area (Å²) in [4.78, 5) is 0. The SMILES string of the molecule is C=CCP(=O)(CC=C)c1ccc(-c2ccc(P(=O)(CC=C)CC=C)cc2)cc1. The van der Waals surface area contributed by atoms with Crippen LogP contribution in [0.1, 0.15) is 0 Å². The molecular formula is C24H28O2P2. The first-order valence-corrected chi connectivity index (χ1v) is 13.4. The summed E-state index contributed by atoms with van der Waals surface area (Å²) >= 11 is 0. The lowest BCUT2D eigenvalue weighted by Crippen LogP contribution is -2.10. The maximum absolute atomic E-state index is 13.2. The van der Waals surface area contributed by atoms with Crippen molar-refractivity contribution in [3.8, 4) is 11.1 Å². The van der Waals surface area contributed by atoms with Crippen LogP contribution in [-0.4, -0.2) is 24.6 Å². The Morgan fingerprint density at radius 1 is 0.536 bits per heavy atom. The largest absolute Gasteiger partial charge is 0.318 e. The molecule has 0 amide bonds. The first-order chi connectivity index (χ1) is 13.4. The van der Waals surface area contributed by atoms with Crippen LogP contribution in [0.4, 0.5) is 0 Å². The van der Waals surface area contributed by atoms with Crippen molar-refractivity contribution < 1.29 is 9.13 Å². The molecule has 0 fully saturated rings. The Kier molecular flexibility index (Phi) is 7.81. The molecule has 4 heteroatoms. The van der Waals surface area contributed by atoms with Crippen LogP contribution in [0.25, 0.3) is 11.1 Å². The highest BCUT2D eigenvalue weighted by molar-refractivity contribution is 7.72. The molecule has 0 radical (unpaired) electrons. The molecule has 0 unspecified atom stereocenters. The van der Waals surface area contributed by atoms with E-state index in [9.17, 15) is 9.13 Å². The molecule has 0 aliphatic carbocycles. The van der Waals surface area contributed by atoms with Gasteiger partial charge in [-0.05, 0) is 11.1 Å². The maximum Gasteiger partial charge on any atom is 0.122 e. The quantitative estimate of drug-likeness (QED) is 0.333. The average molecular weight is 410 g/mol. The van der Waals surface area contributed by atoms with Crippen molar-refractivity contribution in [1.82, 2.24) is 0 Å². The second kappa shape index (κ2) is 9.87. The molecule has 146 valence electrons. The van der Waals surface area contributed by atoms with Crippen molar-refractivity contribution in [2.45, 2.75) is 0 Å². The van der Waals surface area contributed by atoms with E-state index in [4.69, 9.17) is 0 Å². The van der Waals surface area contributed by atoms with Gasteiger partial charge < -0.3 is 9.13 Å². The van der Waals surface area contributed by atoms with Crippen LogP contribution in [0.2, 0.25) is 0 Å². The summed E-state index contributed by atoms with van der Waals surface area (Å²) in [6.07, 6.45) is 8.71. The molecule has 0 aromatic heterocycles. The van der Waals surface area contributed by atoms with Crippen LogP contribution >= 0.6 is 14.3 Å². The normalized spacial score (nSPS) is 11.6. The minimum Gasteiger partial charge on any atom is -0.318 e. The average Bonchev–Trinajstić information content (AvgIpc) is 2.69. The molecule has 0 N–H and O–H groups in total. The molecule has 0 heterocycles. The van der Waals surface area contributed by atoms with Crippen LogP contribution in [0.3, 0.4) is 0 Å². The van der Waals surface area contributed by atoms with Crippen LogP contribution in [0, 0.1) is 0 Å². The highest BCUT2D eigenvalue weighted by Gasteiger charge is 2.22. The van der Waals surface area contributed by atoms with Gasteiger partial charge in [-0.25, -0.2) is 0 Å². The Labute approximate surface area is 169 Å². The second-order valence-corrected chi connectivity index (χ2v) is 12.8. The summed E-state index contributed by atoms with van der Waals surface area (Å²) in [5.74, 6) is 0. The summed E-state index contributed by atoms with van der Waals surface area (Å²) in [5, 5.41) is 1.68. The first kappa shape index (κ1) is 22.2. The van der Waals surface area contributed by atoms with Gasteiger partial charge in [0, 0.05) is 35.3 Å². The van der Waals surface area contributed by atoms with Gasteiger partial charge in [-0.15, -0.1) is 26.3 Å². The molecule has 2 rings (SSSR count). The highest BCUT2D eigenvalue weighted by Crippen LogP contribution is 2.45. The third-order valence-electron chi connectivity index (χ3n) is 4.71. The van der Waals surface area contributed by atoms with Gasteiger partial charge >= 0.3 is 0 Å². The molecule has 2 aromatic rings. The predicted molar refractivity (Wildman–Crippen MR) is 127 cm³/mol. The summed E-state index contributed by atoms with van der Waals surface area (Å²) in [6, 6.07) is 15.6. The van der Waals surface area contributed by atoms with Gasteiger partial charge in [0.15, 0.2) is 0 Å². The maximum atomic E-state index is 13.2. The van der Waals surface area contributed by atoms with Crippen LogP contribution < -0.4 is 10.6 Å². The van der Waals surface area contributed by atoms with Crippen molar-refractivity contribution in [1.29, 1.82) is 0 Å². The lowest BCUT2D eigenvalue weighted by Gasteiger charge is -2.17. The lowest BCUT2D eigenvalue weighted by molar-refractivity contribution is 0.584. The zero-order chi connectivity index (χ0) is 20.6. The number of allylic oxidation sites excluding steroid dienone is 4. The smallest absolute Gasteiger partial charge is 0.122 e. The third-order valence-corrected chi connectivity index (χ3v) is 10.6. The summed E-state index contributed by atoms with van der Waals surface area (Å²) in [5.41, 5.74) is 2.06. The van der Waals surface area contributed by atoms with Gasteiger partial charge in [0.2, 0.25) is 0 Å². The molecule has 0 bridgehead atoms. The molecule has 0 aliphatic heterocycles. The fourth-order valence-electron chi connectivity index (χ4n) is 3.26. The van der Waals surface area contributed by atoms with Gasteiger partial charge in [-0.3, -0.25) is 0 Å². The molecule has 0 saturated carbocycles. The van der Waals surface area contributed by atoms with E-state index in [1.807, 2.05) is 48.5 Å². The second-order valence-electron chi connectivity index (χ2n) is 6.76.